The molecule has 0 saturated carbocycles. The second-order valence-electron chi connectivity index (χ2n) is 5.72. The molecule has 3 nitrogen and oxygen atoms in total. The van der Waals surface area contributed by atoms with Crippen molar-refractivity contribution in [2.45, 2.75) is 26.2 Å². The van der Waals surface area contributed by atoms with Crippen LogP contribution in [0.15, 0.2) is 17.2 Å². The van der Waals surface area contributed by atoms with Crippen LogP contribution in [0.4, 0.5) is 27.6 Å². The van der Waals surface area contributed by atoms with Gasteiger partial charge in [-0.25, -0.2) is 22.0 Å². The Bertz CT molecular complexity index is 866. The number of aryl methyl sites for hydroxylation is 1. The fourth-order valence-electron chi connectivity index (χ4n) is 2.88. The quantitative estimate of drug-likeness (QED) is 0.359. The van der Waals surface area contributed by atoms with Gasteiger partial charge in [0.1, 0.15) is 11.4 Å². The highest BCUT2D eigenvalue weighted by molar-refractivity contribution is 6.05. The number of fused-ring (bicyclic) bond motifs is 1. The van der Waals surface area contributed by atoms with E-state index in [0.29, 0.717) is 24.8 Å². The number of rotatable bonds is 2. The zero-order chi connectivity index (χ0) is 18.3. The summed E-state index contributed by atoms with van der Waals surface area (Å²) >= 11 is 0. The van der Waals surface area contributed by atoms with Gasteiger partial charge in [0.15, 0.2) is 23.3 Å². The van der Waals surface area contributed by atoms with Gasteiger partial charge < -0.3 is 5.11 Å². The van der Waals surface area contributed by atoms with E-state index >= 15 is 0 Å². The van der Waals surface area contributed by atoms with Crippen molar-refractivity contribution in [2.24, 2.45) is 5.10 Å². The summed E-state index contributed by atoms with van der Waals surface area (Å²) < 4.78 is 66.9. The van der Waals surface area contributed by atoms with E-state index in [9.17, 15) is 27.1 Å². The maximum atomic E-state index is 13.7. The molecule has 0 fully saturated rings. The third kappa shape index (κ3) is 2.81. The van der Waals surface area contributed by atoms with E-state index in [1.165, 1.54) is 6.07 Å². The van der Waals surface area contributed by atoms with Gasteiger partial charge in [-0.2, -0.15) is 5.10 Å². The summed E-state index contributed by atoms with van der Waals surface area (Å²) in [5, 5.41) is 13.9. The van der Waals surface area contributed by atoms with Gasteiger partial charge in [-0.3, -0.25) is 5.43 Å². The maximum absolute atomic E-state index is 13.7. The van der Waals surface area contributed by atoms with E-state index in [-0.39, 0.29) is 11.5 Å². The van der Waals surface area contributed by atoms with Gasteiger partial charge >= 0.3 is 0 Å². The molecule has 0 saturated heterocycles. The standard InChI is InChI=1S/C17H13F5N2O/c1-7-5-6-10(25)11-8(7)3-2-4-9(11)23-24-17-15(21)13(19)12(18)14(20)16(17)22/h5-6,24-25H,2-4H2,1H3/b23-9+. The van der Waals surface area contributed by atoms with E-state index in [4.69, 9.17) is 0 Å². The SMILES string of the molecule is Cc1ccc(O)c2c1CCC/C2=N\Nc1c(F)c(F)c(F)c(F)c1F. The van der Waals surface area contributed by atoms with Crippen molar-refractivity contribution in [3.8, 4) is 5.75 Å². The number of nitrogens with one attached hydrogen (secondary N) is 1. The largest absolute Gasteiger partial charge is 0.507 e. The van der Waals surface area contributed by atoms with Crippen LogP contribution in [-0.4, -0.2) is 10.8 Å². The molecule has 0 amide bonds. The van der Waals surface area contributed by atoms with Crippen LogP contribution >= 0.6 is 0 Å². The highest BCUT2D eigenvalue weighted by Crippen LogP contribution is 2.32. The zero-order valence-corrected chi connectivity index (χ0v) is 13.1. The lowest BCUT2D eigenvalue weighted by Crippen LogP contribution is -2.16. The lowest BCUT2D eigenvalue weighted by atomic mass is 9.86. The molecule has 132 valence electrons. The molecule has 2 aromatic rings. The van der Waals surface area contributed by atoms with Crippen molar-refractivity contribution < 1.29 is 27.1 Å². The van der Waals surface area contributed by atoms with Gasteiger partial charge in [-0.05, 0) is 43.4 Å². The van der Waals surface area contributed by atoms with Gasteiger partial charge in [0, 0.05) is 5.56 Å². The van der Waals surface area contributed by atoms with Crippen LogP contribution in [-0.2, 0) is 6.42 Å². The van der Waals surface area contributed by atoms with E-state index < -0.39 is 34.8 Å². The molecule has 0 radical (unpaired) electrons. The number of halogens is 5. The lowest BCUT2D eigenvalue weighted by molar-refractivity contribution is 0.381. The molecule has 0 spiro atoms. The molecule has 0 aliphatic heterocycles. The predicted molar refractivity (Wildman–Crippen MR) is 82.2 cm³/mol. The van der Waals surface area contributed by atoms with Crippen LogP contribution in [0.2, 0.25) is 0 Å². The van der Waals surface area contributed by atoms with Gasteiger partial charge in [0.25, 0.3) is 0 Å². The fourth-order valence-corrected chi connectivity index (χ4v) is 2.88. The Hall–Kier alpha value is -2.64. The smallest absolute Gasteiger partial charge is 0.200 e. The lowest BCUT2D eigenvalue weighted by Gasteiger charge is -2.21. The molecule has 0 heterocycles. The van der Waals surface area contributed by atoms with Crippen LogP contribution in [0.1, 0.15) is 29.5 Å². The number of anilines is 1. The normalized spacial score (nSPS) is 15.4. The van der Waals surface area contributed by atoms with Crippen molar-refractivity contribution >= 4 is 11.4 Å². The first kappa shape index (κ1) is 17.2. The number of hydrazone groups is 1. The third-order valence-electron chi connectivity index (χ3n) is 4.17. The molecule has 25 heavy (non-hydrogen) atoms. The van der Waals surface area contributed by atoms with E-state index in [2.05, 4.69) is 5.10 Å². The van der Waals surface area contributed by atoms with Crippen LogP contribution in [0, 0.1) is 36.0 Å². The number of hydrogen-bond acceptors (Lipinski definition) is 3. The van der Waals surface area contributed by atoms with Gasteiger partial charge in [0.2, 0.25) is 5.82 Å². The average molecular weight is 356 g/mol. The van der Waals surface area contributed by atoms with Gasteiger partial charge in [-0.15, -0.1) is 0 Å². The van der Waals surface area contributed by atoms with E-state index in [0.717, 1.165) is 11.1 Å². The maximum Gasteiger partial charge on any atom is 0.200 e. The summed E-state index contributed by atoms with van der Waals surface area (Å²) in [7, 11) is 0. The van der Waals surface area contributed by atoms with Crippen molar-refractivity contribution in [3.63, 3.8) is 0 Å². The zero-order valence-electron chi connectivity index (χ0n) is 13.1. The first-order valence-electron chi connectivity index (χ1n) is 7.48. The molecule has 0 unspecified atom stereocenters. The number of benzene rings is 2. The first-order chi connectivity index (χ1) is 11.8. The Balaban J connectivity index is 2.05. The number of phenols is 1. The molecule has 0 aromatic heterocycles. The highest BCUT2D eigenvalue weighted by atomic mass is 19.2. The molecule has 2 aromatic carbocycles. The number of phenolic OH excluding ortho intramolecular Hbond substituents is 1. The van der Waals surface area contributed by atoms with Crippen molar-refractivity contribution in [1.82, 2.24) is 0 Å². The second-order valence-corrected chi connectivity index (χ2v) is 5.72. The second kappa shape index (κ2) is 6.34. The summed E-state index contributed by atoms with van der Waals surface area (Å²) in [5.74, 6) is -10.4. The van der Waals surface area contributed by atoms with Crippen LogP contribution in [0.25, 0.3) is 0 Å². The number of aromatic hydroxyl groups is 1. The minimum absolute atomic E-state index is 0.0572. The average Bonchev–Trinajstić information content (AvgIpc) is 2.61. The molecular weight excluding hydrogens is 343 g/mol. The summed E-state index contributed by atoms with van der Waals surface area (Å²) in [6.07, 6.45) is 1.75. The molecule has 0 atom stereocenters. The van der Waals surface area contributed by atoms with E-state index in [1.54, 1.807) is 6.07 Å². The molecule has 8 heteroatoms. The molecule has 0 bridgehead atoms. The molecular formula is C17H13F5N2O. The molecule has 1 aliphatic carbocycles. The van der Waals surface area contributed by atoms with Gasteiger partial charge in [-0.1, -0.05) is 6.07 Å². The minimum atomic E-state index is -2.23. The summed E-state index contributed by atoms with van der Waals surface area (Å²) in [4.78, 5) is 0. The Morgan fingerprint density at radius 1 is 0.920 bits per heavy atom. The molecule has 2 N–H and O–H groups in total. The first-order valence-corrected chi connectivity index (χ1v) is 7.48. The number of nitrogens with zero attached hydrogens (tertiary/aromatic N) is 1. The highest BCUT2D eigenvalue weighted by Gasteiger charge is 2.26. The Kier molecular flexibility index (Phi) is 4.36. The van der Waals surface area contributed by atoms with Gasteiger partial charge in [0.05, 0.1) is 5.71 Å². The van der Waals surface area contributed by atoms with Crippen LogP contribution < -0.4 is 5.43 Å². The Morgan fingerprint density at radius 3 is 2.16 bits per heavy atom. The van der Waals surface area contributed by atoms with Crippen molar-refractivity contribution in [3.05, 3.63) is 57.9 Å². The number of hydrogen-bond donors (Lipinski definition) is 2. The Labute approximate surface area is 139 Å². The third-order valence-corrected chi connectivity index (χ3v) is 4.17. The minimum Gasteiger partial charge on any atom is -0.507 e. The summed E-state index contributed by atoms with van der Waals surface area (Å²) in [5.41, 5.74) is 3.15. The summed E-state index contributed by atoms with van der Waals surface area (Å²) in [6, 6.07) is 3.20. The Morgan fingerprint density at radius 2 is 1.52 bits per heavy atom. The fraction of sp³-hybridized carbons (Fsp3) is 0.235. The summed E-state index contributed by atoms with van der Waals surface area (Å²) in [6.45, 7) is 1.85. The molecule has 3 rings (SSSR count). The predicted octanol–water partition coefficient (Wildman–Crippen LogP) is 4.55. The topological polar surface area (TPSA) is 44.6 Å². The van der Waals surface area contributed by atoms with Crippen molar-refractivity contribution in [2.75, 3.05) is 5.43 Å². The monoisotopic (exact) mass is 356 g/mol. The van der Waals surface area contributed by atoms with Crippen LogP contribution in [0.5, 0.6) is 5.75 Å². The van der Waals surface area contributed by atoms with E-state index in [1.807, 2.05) is 12.3 Å². The molecule has 1 aliphatic rings. The van der Waals surface area contributed by atoms with Crippen LogP contribution in [0.3, 0.4) is 0 Å². The van der Waals surface area contributed by atoms with Crippen molar-refractivity contribution in [1.29, 1.82) is 0 Å².